The second-order valence-electron chi connectivity index (χ2n) is 7.64. The van der Waals surface area contributed by atoms with E-state index in [4.69, 9.17) is 5.26 Å². The number of benzene rings is 2. The smallest absolute Gasteiger partial charge is 0.255 e. The first-order chi connectivity index (χ1) is 15.7. The van der Waals surface area contributed by atoms with E-state index in [9.17, 15) is 8.42 Å². The van der Waals surface area contributed by atoms with Crippen LogP contribution in [0.4, 0.5) is 11.4 Å². The van der Waals surface area contributed by atoms with Gasteiger partial charge in [0.15, 0.2) is 6.20 Å². The number of aryl methyl sites for hydroxylation is 1. The molecule has 0 aliphatic heterocycles. The molecule has 0 spiro atoms. The van der Waals surface area contributed by atoms with Gasteiger partial charge >= 0.3 is 0 Å². The number of nitrogens with zero attached hydrogens (tertiary/aromatic N) is 3. The van der Waals surface area contributed by atoms with E-state index in [2.05, 4.69) is 101 Å². The van der Waals surface area contributed by atoms with Gasteiger partial charge in [0.1, 0.15) is 7.05 Å². The summed E-state index contributed by atoms with van der Waals surface area (Å²) in [6.45, 7) is 4.43. The highest BCUT2D eigenvalue weighted by Gasteiger charge is 2.08. The Balaban J connectivity index is 0.000000569. The Bertz CT molecular complexity index is 1160. The van der Waals surface area contributed by atoms with E-state index in [1.165, 1.54) is 10.9 Å². The highest BCUT2D eigenvalue weighted by molar-refractivity contribution is 7.85. The summed E-state index contributed by atoms with van der Waals surface area (Å²) in [6, 6.07) is 19.5. The Hall–Kier alpha value is -3.01. The minimum absolute atomic E-state index is 0.527. The highest BCUT2D eigenvalue weighted by Crippen LogP contribution is 2.19. The van der Waals surface area contributed by atoms with E-state index in [1.807, 2.05) is 18.3 Å². The minimum atomic E-state index is -3.72. The van der Waals surface area contributed by atoms with Crippen molar-refractivity contribution in [2.75, 3.05) is 23.6 Å². The largest absolute Gasteiger partial charge is 0.707 e. The van der Waals surface area contributed by atoms with Gasteiger partial charge in [-0.2, -0.15) is 5.10 Å². The molecule has 178 valence electrons. The third-order valence-corrected chi connectivity index (χ3v) is 5.41. The molecule has 1 aromatic heterocycles. The van der Waals surface area contributed by atoms with Crippen LogP contribution < -0.4 is 20.2 Å². The summed E-state index contributed by atoms with van der Waals surface area (Å²) in [5.41, 5.74) is 4.53. The van der Waals surface area contributed by atoms with Crippen LogP contribution in [0.1, 0.15) is 32.3 Å². The fraction of sp³-hybridized carbons (Fsp3) is 0.333. The van der Waals surface area contributed by atoms with Gasteiger partial charge in [-0.15, -0.1) is 0 Å². The second-order valence-corrected chi connectivity index (χ2v) is 9.19. The fourth-order valence-corrected chi connectivity index (χ4v) is 3.22. The van der Waals surface area contributed by atoms with Crippen LogP contribution in [0.3, 0.4) is 0 Å². The Labute approximate surface area is 196 Å². The molecule has 0 atom stereocenters. The van der Waals surface area contributed by atoms with Gasteiger partial charge in [0.2, 0.25) is 5.52 Å². The lowest BCUT2D eigenvalue weighted by atomic mass is 10.1. The van der Waals surface area contributed by atoms with E-state index in [0.29, 0.717) is 12.3 Å². The summed E-state index contributed by atoms with van der Waals surface area (Å²) in [6.07, 6.45) is 6.94. The molecule has 3 aromatic rings. The van der Waals surface area contributed by atoms with Gasteiger partial charge in [0.05, 0.1) is 23.5 Å². The van der Waals surface area contributed by atoms with Gasteiger partial charge in [0.25, 0.3) is 10.1 Å². The van der Waals surface area contributed by atoms with Crippen molar-refractivity contribution in [3.8, 4) is 0 Å². The zero-order valence-corrected chi connectivity index (χ0v) is 20.5. The summed E-state index contributed by atoms with van der Waals surface area (Å²) >= 11 is 0. The molecule has 1 N–H and O–H groups in total. The monoisotopic (exact) mass is 472 g/mol. The summed E-state index contributed by atoms with van der Waals surface area (Å²) < 4.78 is 23.7. The first-order valence-electron chi connectivity index (χ1n) is 10.7. The van der Waals surface area contributed by atoms with Crippen molar-refractivity contribution in [3.63, 3.8) is 0 Å². The minimum Gasteiger partial charge on any atom is -0.707 e. The molecule has 0 saturated carbocycles. The van der Waals surface area contributed by atoms with Gasteiger partial charge < -0.3 is 14.9 Å². The number of aromatic nitrogens is 1. The van der Waals surface area contributed by atoms with Crippen LogP contribution in [-0.2, 0) is 21.5 Å². The summed E-state index contributed by atoms with van der Waals surface area (Å²) in [5.74, 6) is 0. The highest BCUT2D eigenvalue weighted by atomic mass is 32.2. The van der Waals surface area contributed by atoms with Crippen molar-refractivity contribution in [1.29, 1.82) is 0 Å². The number of nitrogens with one attached hydrogen (secondary N) is 1. The van der Waals surface area contributed by atoms with E-state index >= 15 is 0 Å². The van der Waals surface area contributed by atoms with E-state index < -0.39 is 10.1 Å². The number of pyridine rings is 1. The van der Waals surface area contributed by atoms with E-state index in [-0.39, 0.29) is 0 Å². The molecule has 1 heterocycles. The van der Waals surface area contributed by atoms with Crippen LogP contribution in [0.25, 0.3) is 10.9 Å². The molecule has 2 aromatic carbocycles. The fourth-order valence-electron chi connectivity index (χ4n) is 3.22. The third kappa shape index (κ3) is 8.12. The summed E-state index contributed by atoms with van der Waals surface area (Å²) in [5, 5.41) is 20.2. The van der Waals surface area contributed by atoms with Crippen molar-refractivity contribution in [3.05, 3.63) is 66.4 Å². The molecule has 0 aliphatic rings. The van der Waals surface area contributed by atoms with Gasteiger partial charge in [-0.05, 0) is 43.2 Å². The van der Waals surface area contributed by atoms with Crippen LogP contribution in [0.2, 0.25) is 0 Å². The Morgan fingerprint density at radius 3 is 2.30 bits per heavy atom. The molecular formula is C24H32N4O4S. The summed E-state index contributed by atoms with van der Waals surface area (Å²) in [4.78, 5) is 0. The van der Waals surface area contributed by atoms with E-state index in [1.54, 1.807) is 0 Å². The molecular weight excluding hydrogens is 440 g/mol. The summed E-state index contributed by atoms with van der Waals surface area (Å²) in [7, 11) is 0.322. The van der Waals surface area contributed by atoms with Crippen LogP contribution in [0, 0.1) is 0 Å². The Morgan fingerprint density at radius 2 is 1.73 bits per heavy atom. The lowest BCUT2D eigenvalue weighted by molar-refractivity contribution is -0.644. The standard InChI is InChI=1S/C23H29N4.CH4O4S/c1-5-19(6-2)25-20-11-13-21(14-12-20)27(4)24-17-18-15-16-26(3)23-10-8-7-9-22(18)23;1-6(3,4)5-2/h7-17,19,25H,5-6H2,1-4H3;2H,1H3/q+1;/p-1. The second kappa shape index (κ2) is 12.3. The maximum absolute atomic E-state index is 9.47. The van der Waals surface area contributed by atoms with Crippen molar-refractivity contribution in [2.45, 2.75) is 32.7 Å². The maximum atomic E-state index is 9.47. The van der Waals surface area contributed by atoms with E-state index in [0.717, 1.165) is 29.8 Å². The molecule has 0 amide bonds. The predicted octanol–water partition coefficient (Wildman–Crippen LogP) is 2.97. The molecule has 0 fully saturated rings. The van der Waals surface area contributed by atoms with Crippen LogP contribution in [0.5, 0.6) is 0 Å². The lowest BCUT2D eigenvalue weighted by Crippen LogP contribution is -2.28. The molecule has 0 saturated heterocycles. The van der Waals surface area contributed by atoms with Gasteiger partial charge in [-0.3, -0.25) is 5.01 Å². The number of rotatable bonds is 8. The van der Waals surface area contributed by atoms with Gasteiger partial charge in [0, 0.05) is 36.5 Å². The van der Waals surface area contributed by atoms with Crippen molar-refractivity contribution in [2.24, 2.45) is 12.1 Å². The Morgan fingerprint density at radius 1 is 1.12 bits per heavy atom. The Kier molecular flexibility index (Phi) is 9.77. The molecule has 0 unspecified atom stereocenters. The molecule has 8 nitrogen and oxygen atoms in total. The SMILES string of the molecule is CCC(CC)Nc1ccc(N(C)/N=C\c2cc[n+](C)c3ccccc23)cc1.CS(=O)(=O)O[O-]. The maximum Gasteiger partial charge on any atom is 0.255 e. The number of para-hydroxylation sites is 1. The normalized spacial score (nSPS) is 11.5. The number of fused-ring (bicyclic) bond motifs is 1. The lowest BCUT2D eigenvalue weighted by Gasteiger charge is -2.18. The first-order valence-corrected chi connectivity index (χ1v) is 12.5. The zero-order valence-electron chi connectivity index (χ0n) is 19.7. The molecule has 0 bridgehead atoms. The van der Waals surface area contributed by atoms with Crippen LogP contribution in [-0.4, -0.2) is 34.0 Å². The van der Waals surface area contributed by atoms with Crippen LogP contribution >= 0.6 is 0 Å². The van der Waals surface area contributed by atoms with Crippen molar-refractivity contribution < 1.29 is 22.6 Å². The van der Waals surface area contributed by atoms with Crippen LogP contribution in [0.15, 0.2) is 65.9 Å². The topological polar surface area (TPSA) is 97.9 Å². The predicted molar refractivity (Wildman–Crippen MR) is 131 cm³/mol. The van der Waals surface area contributed by atoms with Gasteiger partial charge in [-0.1, -0.05) is 26.0 Å². The number of anilines is 2. The molecule has 3 rings (SSSR count). The molecule has 0 aliphatic carbocycles. The molecule has 9 heteroatoms. The third-order valence-electron chi connectivity index (χ3n) is 5.16. The molecule has 33 heavy (non-hydrogen) atoms. The number of hydrogen-bond donors (Lipinski definition) is 1. The molecule has 0 radical (unpaired) electrons. The average molecular weight is 473 g/mol. The number of hydrazone groups is 1. The van der Waals surface area contributed by atoms with Crippen molar-refractivity contribution >= 4 is 38.6 Å². The van der Waals surface area contributed by atoms with Gasteiger partial charge in [-0.25, -0.2) is 13.0 Å². The number of hydrogen-bond acceptors (Lipinski definition) is 7. The average Bonchev–Trinajstić information content (AvgIpc) is 2.82. The van der Waals surface area contributed by atoms with Crippen molar-refractivity contribution in [1.82, 2.24) is 0 Å². The quantitative estimate of drug-likeness (QED) is 0.234. The zero-order chi connectivity index (χ0) is 24.4. The first kappa shape index (κ1) is 26.2.